The first kappa shape index (κ1) is 17.4. The summed E-state index contributed by atoms with van der Waals surface area (Å²) in [5.41, 5.74) is 1.01. The van der Waals surface area contributed by atoms with Gasteiger partial charge in [-0.1, -0.05) is 44.2 Å². The topological polar surface area (TPSA) is 68.2 Å². The van der Waals surface area contributed by atoms with Gasteiger partial charge < -0.3 is 24.4 Å². The highest BCUT2D eigenvalue weighted by atomic mass is 16.8. The molecule has 0 radical (unpaired) electrons. The van der Waals surface area contributed by atoms with Crippen LogP contribution in [-0.4, -0.2) is 47.5 Å². The van der Waals surface area contributed by atoms with Gasteiger partial charge in [-0.15, -0.1) is 0 Å². The maximum Gasteiger partial charge on any atom is 0.168 e. The Morgan fingerprint density at radius 1 is 1.27 bits per heavy atom. The number of benzene rings is 1. The first-order chi connectivity index (χ1) is 10.6. The van der Waals surface area contributed by atoms with E-state index in [2.05, 4.69) is 0 Å². The van der Waals surface area contributed by atoms with Gasteiger partial charge in [-0.05, 0) is 18.4 Å². The largest absolute Gasteiger partial charge is 0.394 e. The summed E-state index contributed by atoms with van der Waals surface area (Å²) < 4.78 is 17.6. The standard InChI is InChI=1S/C17H26O5/c1-3-17(4-2)21-12-15(22-17)16(14(19)10-18)20-11-13-8-6-5-7-9-13/h5-9,14-16,18-19H,3-4,10-12H2,1-2H3/t14?,15-,16-/m1/s1. The van der Waals surface area contributed by atoms with Crippen molar-refractivity contribution < 1.29 is 24.4 Å². The normalized spacial score (nSPS) is 23.4. The lowest BCUT2D eigenvalue weighted by Gasteiger charge is -2.29. The third kappa shape index (κ3) is 4.06. The maximum atomic E-state index is 10.1. The highest BCUT2D eigenvalue weighted by Crippen LogP contribution is 2.33. The Kier molecular flexibility index (Phi) is 6.35. The van der Waals surface area contributed by atoms with Crippen molar-refractivity contribution in [3.63, 3.8) is 0 Å². The van der Waals surface area contributed by atoms with Crippen molar-refractivity contribution in [2.45, 2.75) is 57.4 Å². The Hall–Kier alpha value is -0.980. The van der Waals surface area contributed by atoms with Gasteiger partial charge in [0.1, 0.15) is 18.3 Å². The maximum absolute atomic E-state index is 10.1. The molecule has 124 valence electrons. The second kappa shape index (κ2) is 8.04. The fourth-order valence-corrected chi connectivity index (χ4v) is 2.70. The second-order valence-electron chi connectivity index (χ2n) is 5.60. The monoisotopic (exact) mass is 310 g/mol. The quantitative estimate of drug-likeness (QED) is 0.767. The van der Waals surface area contributed by atoms with Gasteiger partial charge in [0.25, 0.3) is 0 Å². The van der Waals surface area contributed by atoms with Gasteiger partial charge in [0, 0.05) is 0 Å². The number of ether oxygens (including phenoxy) is 3. The average Bonchev–Trinajstić information content (AvgIpc) is 3.00. The molecule has 5 nitrogen and oxygen atoms in total. The van der Waals surface area contributed by atoms with Crippen LogP contribution in [0.2, 0.25) is 0 Å². The molecule has 1 heterocycles. The zero-order valence-electron chi connectivity index (χ0n) is 13.3. The molecule has 2 rings (SSSR count). The Morgan fingerprint density at radius 3 is 2.50 bits per heavy atom. The summed E-state index contributed by atoms with van der Waals surface area (Å²) >= 11 is 0. The molecule has 1 aromatic carbocycles. The van der Waals surface area contributed by atoms with Crippen LogP contribution in [0.15, 0.2) is 30.3 Å². The molecule has 1 aliphatic heterocycles. The summed E-state index contributed by atoms with van der Waals surface area (Å²) in [4.78, 5) is 0. The molecule has 0 amide bonds. The fraction of sp³-hybridized carbons (Fsp3) is 0.647. The van der Waals surface area contributed by atoms with E-state index in [-0.39, 0.29) is 12.7 Å². The minimum Gasteiger partial charge on any atom is -0.394 e. The van der Waals surface area contributed by atoms with Crippen molar-refractivity contribution in [1.82, 2.24) is 0 Å². The summed E-state index contributed by atoms with van der Waals surface area (Å²) in [5, 5.41) is 19.3. The number of hydrogen-bond acceptors (Lipinski definition) is 5. The van der Waals surface area contributed by atoms with E-state index in [0.717, 1.165) is 18.4 Å². The molecule has 3 atom stereocenters. The van der Waals surface area contributed by atoms with Crippen LogP contribution in [0, 0.1) is 0 Å². The molecular weight excluding hydrogens is 284 g/mol. The Morgan fingerprint density at radius 2 is 1.95 bits per heavy atom. The third-order valence-corrected chi connectivity index (χ3v) is 4.17. The van der Waals surface area contributed by atoms with Crippen LogP contribution in [0.1, 0.15) is 32.3 Å². The molecular formula is C17H26O5. The molecule has 1 unspecified atom stereocenters. The zero-order chi connectivity index (χ0) is 16.0. The highest BCUT2D eigenvalue weighted by molar-refractivity contribution is 5.13. The second-order valence-corrected chi connectivity index (χ2v) is 5.60. The van der Waals surface area contributed by atoms with Gasteiger partial charge in [0.15, 0.2) is 5.79 Å². The van der Waals surface area contributed by atoms with Crippen LogP contribution in [-0.2, 0) is 20.8 Å². The molecule has 1 saturated heterocycles. The van der Waals surface area contributed by atoms with E-state index in [1.165, 1.54) is 0 Å². The Labute approximate surface area is 131 Å². The van der Waals surface area contributed by atoms with E-state index in [9.17, 15) is 10.2 Å². The van der Waals surface area contributed by atoms with Crippen molar-refractivity contribution in [2.24, 2.45) is 0 Å². The van der Waals surface area contributed by atoms with E-state index < -0.39 is 18.0 Å². The summed E-state index contributed by atoms with van der Waals surface area (Å²) in [6.45, 7) is 4.36. The summed E-state index contributed by atoms with van der Waals surface area (Å²) in [6, 6.07) is 9.72. The first-order valence-electron chi connectivity index (χ1n) is 7.90. The van der Waals surface area contributed by atoms with E-state index in [0.29, 0.717) is 13.2 Å². The minimum atomic E-state index is -0.998. The zero-order valence-corrected chi connectivity index (χ0v) is 13.3. The molecule has 0 aromatic heterocycles. The number of hydrogen-bond donors (Lipinski definition) is 2. The fourth-order valence-electron chi connectivity index (χ4n) is 2.70. The molecule has 0 bridgehead atoms. The number of aliphatic hydroxyl groups is 2. The molecule has 1 fully saturated rings. The first-order valence-corrected chi connectivity index (χ1v) is 7.90. The Balaban J connectivity index is 2.01. The Bertz CT molecular complexity index is 432. The smallest absolute Gasteiger partial charge is 0.168 e. The van der Waals surface area contributed by atoms with Crippen molar-refractivity contribution >= 4 is 0 Å². The molecule has 0 aliphatic carbocycles. The highest BCUT2D eigenvalue weighted by Gasteiger charge is 2.44. The van der Waals surface area contributed by atoms with Gasteiger partial charge in [-0.25, -0.2) is 0 Å². The van der Waals surface area contributed by atoms with Crippen LogP contribution in [0.25, 0.3) is 0 Å². The van der Waals surface area contributed by atoms with Gasteiger partial charge in [-0.2, -0.15) is 0 Å². The van der Waals surface area contributed by atoms with E-state index in [1.54, 1.807) is 0 Å². The van der Waals surface area contributed by atoms with Crippen molar-refractivity contribution in [3.8, 4) is 0 Å². The van der Waals surface area contributed by atoms with Crippen LogP contribution in [0.3, 0.4) is 0 Å². The molecule has 0 saturated carbocycles. The van der Waals surface area contributed by atoms with Crippen LogP contribution < -0.4 is 0 Å². The lowest BCUT2D eigenvalue weighted by molar-refractivity contribution is -0.197. The average molecular weight is 310 g/mol. The number of aliphatic hydroxyl groups excluding tert-OH is 2. The molecule has 5 heteroatoms. The molecule has 22 heavy (non-hydrogen) atoms. The minimum absolute atomic E-state index is 0.355. The van der Waals surface area contributed by atoms with Gasteiger partial charge >= 0.3 is 0 Å². The van der Waals surface area contributed by atoms with Crippen LogP contribution in [0.5, 0.6) is 0 Å². The van der Waals surface area contributed by atoms with E-state index in [4.69, 9.17) is 14.2 Å². The molecule has 1 aliphatic rings. The molecule has 1 aromatic rings. The molecule has 2 N–H and O–H groups in total. The van der Waals surface area contributed by atoms with E-state index >= 15 is 0 Å². The van der Waals surface area contributed by atoms with Crippen molar-refractivity contribution in [2.75, 3.05) is 13.2 Å². The number of rotatable bonds is 8. The third-order valence-electron chi connectivity index (χ3n) is 4.17. The van der Waals surface area contributed by atoms with Gasteiger partial charge in [0.2, 0.25) is 0 Å². The summed E-state index contributed by atoms with van der Waals surface area (Å²) in [7, 11) is 0. The lowest BCUT2D eigenvalue weighted by atomic mass is 10.1. The van der Waals surface area contributed by atoms with Crippen molar-refractivity contribution in [1.29, 1.82) is 0 Å². The van der Waals surface area contributed by atoms with Crippen LogP contribution in [0.4, 0.5) is 0 Å². The summed E-state index contributed by atoms with van der Waals surface area (Å²) in [6.07, 6.45) is -0.529. The molecule has 0 spiro atoms. The predicted molar refractivity (Wildman–Crippen MR) is 82.2 cm³/mol. The van der Waals surface area contributed by atoms with Crippen LogP contribution >= 0.6 is 0 Å². The van der Waals surface area contributed by atoms with Crippen molar-refractivity contribution in [3.05, 3.63) is 35.9 Å². The van der Waals surface area contributed by atoms with Gasteiger partial charge in [-0.3, -0.25) is 0 Å². The SMILES string of the molecule is CCC1(CC)OC[C@H]([C@H](OCc2ccccc2)C(O)CO)O1. The van der Waals surface area contributed by atoms with Gasteiger partial charge in [0.05, 0.1) is 19.8 Å². The summed E-state index contributed by atoms with van der Waals surface area (Å²) in [5.74, 6) is -0.603. The van der Waals surface area contributed by atoms with E-state index in [1.807, 2.05) is 44.2 Å². The predicted octanol–water partition coefficient (Wildman–Crippen LogP) is 1.86. The lowest BCUT2D eigenvalue weighted by Crippen LogP contribution is -2.44.